The van der Waals surface area contributed by atoms with Crippen LogP contribution in [0.15, 0.2) is 47.1 Å². The van der Waals surface area contributed by atoms with Gasteiger partial charge in [0, 0.05) is 36.2 Å². The summed E-state index contributed by atoms with van der Waals surface area (Å²) in [6.07, 6.45) is 3.39. The van der Waals surface area contributed by atoms with Gasteiger partial charge in [0.25, 0.3) is 6.01 Å². The Labute approximate surface area is 156 Å². The van der Waals surface area contributed by atoms with Gasteiger partial charge in [0.1, 0.15) is 6.04 Å². The third kappa shape index (κ3) is 3.59. The van der Waals surface area contributed by atoms with Crippen LogP contribution in [0, 0.1) is 6.92 Å². The molecule has 1 saturated heterocycles. The molecule has 1 aliphatic heterocycles. The Morgan fingerprint density at radius 1 is 1.30 bits per heavy atom. The van der Waals surface area contributed by atoms with Crippen molar-refractivity contribution >= 4 is 23.6 Å². The first-order chi connectivity index (χ1) is 13.1. The van der Waals surface area contributed by atoms with E-state index in [1.54, 1.807) is 12.4 Å². The number of benzene rings is 1. The first-order valence-electron chi connectivity index (χ1n) is 8.77. The molecule has 0 bridgehead atoms. The molecule has 4 rings (SSSR count). The molecule has 1 atom stereocenters. The zero-order valence-corrected chi connectivity index (χ0v) is 15.1. The second-order valence-electron chi connectivity index (χ2n) is 6.39. The van der Waals surface area contributed by atoms with E-state index in [0.717, 1.165) is 16.9 Å². The molecular weight excluding hydrogens is 344 g/mol. The van der Waals surface area contributed by atoms with Gasteiger partial charge in [-0.05, 0) is 32.0 Å². The Balaban J connectivity index is 1.56. The fourth-order valence-electron chi connectivity index (χ4n) is 2.96. The summed E-state index contributed by atoms with van der Waals surface area (Å²) >= 11 is 0. The van der Waals surface area contributed by atoms with Crippen LogP contribution in [0.4, 0.5) is 17.7 Å². The number of carbonyl (C=O) groups excluding carboxylic acids is 1. The Kier molecular flexibility index (Phi) is 4.45. The van der Waals surface area contributed by atoms with Gasteiger partial charge in [0.05, 0.1) is 6.20 Å². The van der Waals surface area contributed by atoms with Crippen molar-refractivity contribution < 1.29 is 9.21 Å². The van der Waals surface area contributed by atoms with E-state index in [1.165, 1.54) is 0 Å². The molecule has 0 saturated carbocycles. The predicted molar refractivity (Wildman–Crippen MR) is 102 cm³/mol. The molecule has 1 fully saturated rings. The van der Waals surface area contributed by atoms with Crippen LogP contribution < -0.4 is 15.5 Å². The van der Waals surface area contributed by atoms with Crippen molar-refractivity contribution in [1.82, 2.24) is 20.3 Å². The van der Waals surface area contributed by atoms with Gasteiger partial charge in [0.15, 0.2) is 5.76 Å². The molecule has 2 aromatic heterocycles. The highest BCUT2D eigenvalue weighted by atomic mass is 16.4. The molecule has 1 aromatic carbocycles. The lowest BCUT2D eigenvalue weighted by Gasteiger charge is -2.31. The molecule has 3 aromatic rings. The minimum Gasteiger partial charge on any atom is -0.423 e. The Hall–Kier alpha value is -3.42. The largest absolute Gasteiger partial charge is 0.423 e. The molecule has 27 heavy (non-hydrogen) atoms. The van der Waals surface area contributed by atoms with Crippen LogP contribution in [0.1, 0.15) is 12.6 Å². The van der Waals surface area contributed by atoms with E-state index in [9.17, 15) is 4.79 Å². The SMILES string of the molecule is Cc1ccnc(Nc2cccc(-c3cnc(N4CCNC(=O)[C@@H]4C)o3)c2)n1. The van der Waals surface area contributed by atoms with Crippen molar-refractivity contribution in [1.29, 1.82) is 0 Å². The second kappa shape index (κ2) is 7.06. The fourth-order valence-corrected chi connectivity index (χ4v) is 2.96. The summed E-state index contributed by atoms with van der Waals surface area (Å²) in [6.45, 7) is 5.00. The third-order valence-electron chi connectivity index (χ3n) is 4.44. The monoisotopic (exact) mass is 364 g/mol. The molecule has 1 amide bonds. The molecule has 0 spiro atoms. The summed E-state index contributed by atoms with van der Waals surface area (Å²) in [5.41, 5.74) is 2.62. The maximum absolute atomic E-state index is 11.9. The number of amides is 1. The van der Waals surface area contributed by atoms with Crippen molar-refractivity contribution in [3.8, 4) is 11.3 Å². The standard InChI is InChI=1S/C19H20N6O2/c1-12-6-7-21-18(23-12)24-15-5-3-4-14(10-15)16-11-22-19(27-16)25-9-8-20-17(26)13(25)2/h3-7,10-11,13H,8-9H2,1-2H3,(H,20,26)(H,21,23,24)/t13-/m0/s1. The van der Waals surface area contributed by atoms with Crippen LogP contribution in [0.2, 0.25) is 0 Å². The van der Waals surface area contributed by atoms with Gasteiger partial charge < -0.3 is 20.0 Å². The topological polar surface area (TPSA) is 96.2 Å². The van der Waals surface area contributed by atoms with Gasteiger partial charge in [-0.3, -0.25) is 4.79 Å². The lowest BCUT2D eigenvalue weighted by molar-refractivity contribution is -0.123. The second-order valence-corrected chi connectivity index (χ2v) is 6.39. The number of piperazine rings is 1. The highest BCUT2D eigenvalue weighted by molar-refractivity contribution is 5.85. The molecule has 1 aliphatic rings. The van der Waals surface area contributed by atoms with Crippen LogP contribution in [-0.4, -0.2) is 40.0 Å². The van der Waals surface area contributed by atoms with E-state index in [-0.39, 0.29) is 11.9 Å². The highest BCUT2D eigenvalue weighted by Crippen LogP contribution is 2.28. The van der Waals surface area contributed by atoms with Gasteiger partial charge in [-0.1, -0.05) is 12.1 Å². The maximum Gasteiger partial charge on any atom is 0.298 e. The van der Waals surface area contributed by atoms with Crippen LogP contribution in [0.25, 0.3) is 11.3 Å². The lowest BCUT2D eigenvalue weighted by atomic mass is 10.1. The minimum atomic E-state index is -0.309. The summed E-state index contributed by atoms with van der Waals surface area (Å²) in [7, 11) is 0. The van der Waals surface area contributed by atoms with Crippen LogP contribution in [0.3, 0.4) is 0 Å². The van der Waals surface area contributed by atoms with Crippen molar-refractivity contribution in [2.45, 2.75) is 19.9 Å². The zero-order valence-electron chi connectivity index (χ0n) is 15.1. The first kappa shape index (κ1) is 17.0. The van der Waals surface area contributed by atoms with E-state index in [2.05, 4.69) is 25.6 Å². The van der Waals surface area contributed by atoms with Crippen LogP contribution >= 0.6 is 0 Å². The average molecular weight is 364 g/mol. The molecule has 8 nitrogen and oxygen atoms in total. The van der Waals surface area contributed by atoms with E-state index >= 15 is 0 Å². The van der Waals surface area contributed by atoms with Crippen molar-refractivity contribution in [2.24, 2.45) is 0 Å². The zero-order chi connectivity index (χ0) is 18.8. The summed E-state index contributed by atoms with van der Waals surface area (Å²) in [6, 6.07) is 9.74. The molecule has 138 valence electrons. The number of hydrogen-bond donors (Lipinski definition) is 2. The van der Waals surface area contributed by atoms with Gasteiger partial charge in [-0.25, -0.2) is 15.0 Å². The predicted octanol–water partition coefficient (Wildman–Crippen LogP) is 2.51. The molecule has 0 aliphatic carbocycles. The normalized spacial score (nSPS) is 16.9. The third-order valence-corrected chi connectivity index (χ3v) is 4.44. The average Bonchev–Trinajstić information content (AvgIpc) is 3.14. The number of oxazole rings is 1. The lowest BCUT2D eigenvalue weighted by Crippen LogP contribution is -2.54. The van der Waals surface area contributed by atoms with Gasteiger partial charge in [-0.15, -0.1) is 0 Å². The van der Waals surface area contributed by atoms with Crippen molar-refractivity contribution in [2.75, 3.05) is 23.3 Å². The van der Waals surface area contributed by atoms with Crippen molar-refractivity contribution in [3.63, 3.8) is 0 Å². The Morgan fingerprint density at radius 3 is 3.04 bits per heavy atom. The highest BCUT2D eigenvalue weighted by Gasteiger charge is 2.28. The molecular formula is C19H20N6O2. The van der Waals surface area contributed by atoms with E-state index in [0.29, 0.717) is 30.8 Å². The number of anilines is 3. The maximum atomic E-state index is 11.9. The number of aromatic nitrogens is 3. The summed E-state index contributed by atoms with van der Waals surface area (Å²) < 4.78 is 5.93. The summed E-state index contributed by atoms with van der Waals surface area (Å²) in [5, 5.41) is 6.02. The van der Waals surface area contributed by atoms with Gasteiger partial charge in [0.2, 0.25) is 11.9 Å². The van der Waals surface area contributed by atoms with E-state index in [4.69, 9.17) is 4.42 Å². The van der Waals surface area contributed by atoms with E-state index < -0.39 is 0 Å². The number of hydrogen-bond acceptors (Lipinski definition) is 7. The Bertz CT molecular complexity index is 970. The molecule has 0 unspecified atom stereocenters. The Morgan fingerprint density at radius 2 is 2.19 bits per heavy atom. The number of nitrogens with one attached hydrogen (secondary N) is 2. The molecule has 2 N–H and O–H groups in total. The summed E-state index contributed by atoms with van der Waals surface area (Å²) in [4.78, 5) is 26.6. The smallest absolute Gasteiger partial charge is 0.298 e. The first-order valence-corrected chi connectivity index (χ1v) is 8.77. The number of rotatable bonds is 4. The van der Waals surface area contributed by atoms with E-state index in [1.807, 2.05) is 49.1 Å². The quantitative estimate of drug-likeness (QED) is 0.734. The summed E-state index contributed by atoms with van der Waals surface area (Å²) in [5.74, 6) is 1.15. The molecule has 0 radical (unpaired) electrons. The minimum absolute atomic E-state index is 0.0228. The van der Waals surface area contributed by atoms with Crippen LogP contribution in [-0.2, 0) is 4.79 Å². The molecule has 8 heteroatoms. The van der Waals surface area contributed by atoms with Gasteiger partial charge >= 0.3 is 0 Å². The number of aryl methyl sites for hydroxylation is 1. The van der Waals surface area contributed by atoms with Crippen LogP contribution in [0.5, 0.6) is 0 Å². The fraction of sp³-hybridized carbons (Fsp3) is 0.263. The van der Waals surface area contributed by atoms with Gasteiger partial charge in [-0.2, -0.15) is 0 Å². The molecule has 3 heterocycles. The van der Waals surface area contributed by atoms with Crippen molar-refractivity contribution in [3.05, 3.63) is 48.4 Å². The number of carbonyl (C=O) groups is 1. The number of nitrogens with zero attached hydrogens (tertiary/aromatic N) is 4.